The van der Waals surface area contributed by atoms with Crippen molar-refractivity contribution in [3.63, 3.8) is 0 Å². The van der Waals surface area contributed by atoms with E-state index < -0.39 is 0 Å². The van der Waals surface area contributed by atoms with Crippen LogP contribution in [0.5, 0.6) is 5.75 Å². The van der Waals surface area contributed by atoms with Crippen molar-refractivity contribution in [2.75, 3.05) is 26.0 Å². The Morgan fingerprint density at radius 3 is 2.60 bits per heavy atom. The number of benzene rings is 1. The van der Waals surface area contributed by atoms with Crippen molar-refractivity contribution in [3.8, 4) is 5.75 Å². The van der Waals surface area contributed by atoms with Crippen LogP contribution >= 0.6 is 11.8 Å². The predicted molar refractivity (Wildman–Crippen MR) is 80.8 cm³/mol. The molecule has 20 heavy (non-hydrogen) atoms. The van der Waals surface area contributed by atoms with Crippen LogP contribution in [0.1, 0.15) is 24.8 Å². The molecule has 5 heteroatoms. The molecular formula is C15H21NO3S. The molecular weight excluding hydrogens is 274 g/mol. The number of carbonyl (C=O) groups excluding carboxylic acids is 1. The summed E-state index contributed by atoms with van der Waals surface area (Å²) < 4.78 is 5.16. The van der Waals surface area contributed by atoms with Gasteiger partial charge in [-0.2, -0.15) is 0 Å². The SMILES string of the molecule is COc1ccc(C2SCC(=O)N2CC(C)(C)CO)cc1. The molecule has 1 aromatic carbocycles. The van der Waals surface area contributed by atoms with Gasteiger partial charge < -0.3 is 14.7 Å². The number of hydrogen-bond acceptors (Lipinski definition) is 4. The maximum Gasteiger partial charge on any atom is 0.233 e. The molecule has 2 rings (SSSR count). The van der Waals surface area contributed by atoms with Crippen LogP contribution in [-0.4, -0.2) is 41.9 Å². The first kappa shape index (κ1) is 15.2. The van der Waals surface area contributed by atoms with Crippen LogP contribution in [0.15, 0.2) is 24.3 Å². The molecule has 110 valence electrons. The van der Waals surface area contributed by atoms with Gasteiger partial charge in [0.05, 0.1) is 12.9 Å². The third kappa shape index (κ3) is 3.27. The third-order valence-electron chi connectivity index (χ3n) is 3.40. The van der Waals surface area contributed by atoms with Gasteiger partial charge >= 0.3 is 0 Å². The highest BCUT2D eigenvalue weighted by Gasteiger charge is 2.36. The number of hydrogen-bond donors (Lipinski definition) is 1. The minimum atomic E-state index is -0.286. The summed E-state index contributed by atoms with van der Waals surface area (Å²) in [5.74, 6) is 1.45. The molecule has 1 atom stereocenters. The van der Waals surface area contributed by atoms with E-state index in [2.05, 4.69) is 0 Å². The van der Waals surface area contributed by atoms with Crippen LogP contribution in [0.4, 0.5) is 0 Å². The van der Waals surface area contributed by atoms with Crippen molar-refractivity contribution < 1.29 is 14.6 Å². The monoisotopic (exact) mass is 295 g/mol. The second kappa shape index (κ2) is 6.06. The smallest absolute Gasteiger partial charge is 0.233 e. The summed E-state index contributed by atoms with van der Waals surface area (Å²) in [6.45, 7) is 4.56. The van der Waals surface area contributed by atoms with Crippen LogP contribution in [0.3, 0.4) is 0 Å². The van der Waals surface area contributed by atoms with Gasteiger partial charge in [0.1, 0.15) is 11.1 Å². The maximum absolute atomic E-state index is 12.1. The van der Waals surface area contributed by atoms with Gasteiger partial charge in [0.25, 0.3) is 0 Å². The van der Waals surface area contributed by atoms with Crippen LogP contribution in [0, 0.1) is 5.41 Å². The molecule has 0 saturated carbocycles. The Bertz CT molecular complexity index is 473. The van der Waals surface area contributed by atoms with Crippen LogP contribution in [0.25, 0.3) is 0 Å². The van der Waals surface area contributed by atoms with E-state index >= 15 is 0 Å². The number of aliphatic hydroxyl groups is 1. The van der Waals surface area contributed by atoms with Gasteiger partial charge in [-0.1, -0.05) is 26.0 Å². The number of thioether (sulfide) groups is 1. The van der Waals surface area contributed by atoms with Gasteiger partial charge in [0, 0.05) is 18.6 Å². The summed E-state index contributed by atoms with van der Waals surface area (Å²) in [4.78, 5) is 13.9. The lowest BCUT2D eigenvalue weighted by molar-refractivity contribution is -0.129. The Morgan fingerprint density at radius 2 is 2.05 bits per heavy atom. The summed E-state index contributed by atoms with van der Waals surface area (Å²) in [5.41, 5.74) is 0.807. The van der Waals surface area contributed by atoms with Crippen LogP contribution < -0.4 is 4.74 Å². The van der Waals surface area contributed by atoms with Crippen molar-refractivity contribution in [2.24, 2.45) is 5.41 Å². The summed E-state index contributed by atoms with van der Waals surface area (Å²) in [6.07, 6.45) is 0. The lowest BCUT2D eigenvalue weighted by atomic mass is 9.94. The number of nitrogens with zero attached hydrogens (tertiary/aromatic N) is 1. The van der Waals surface area contributed by atoms with Gasteiger partial charge in [-0.05, 0) is 17.7 Å². The van der Waals surface area contributed by atoms with Gasteiger partial charge in [-0.15, -0.1) is 11.8 Å². The minimum absolute atomic E-state index is 0.0271. The van der Waals surface area contributed by atoms with Gasteiger partial charge in [0.2, 0.25) is 5.91 Å². The zero-order valence-electron chi connectivity index (χ0n) is 12.1. The first-order valence-corrected chi connectivity index (χ1v) is 7.67. The molecule has 0 aromatic heterocycles. The van der Waals surface area contributed by atoms with E-state index in [4.69, 9.17) is 4.74 Å². The second-order valence-corrected chi connectivity index (χ2v) is 6.85. The summed E-state index contributed by atoms with van der Waals surface area (Å²) in [6, 6.07) is 7.81. The van der Waals surface area contributed by atoms with Crippen molar-refractivity contribution in [2.45, 2.75) is 19.2 Å². The van der Waals surface area contributed by atoms with Gasteiger partial charge in [0.15, 0.2) is 0 Å². The van der Waals surface area contributed by atoms with Crippen LogP contribution in [0.2, 0.25) is 0 Å². The lowest BCUT2D eigenvalue weighted by Gasteiger charge is -2.32. The molecule has 0 spiro atoms. The van der Waals surface area contributed by atoms with Crippen molar-refractivity contribution >= 4 is 17.7 Å². The summed E-state index contributed by atoms with van der Waals surface area (Å²) >= 11 is 1.63. The lowest BCUT2D eigenvalue weighted by Crippen LogP contribution is -2.38. The largest absolute Gasteiger partial charge is 0.497 e. The maximum atomic E-state index is 12.1. The average molecular weight is 295 g/mol. The van der Waals surface area contributed by atoms with E-state index in [-0.39, 0.29) is 23.3 Å². The standard InChI is InChI=1S/C15H21NO3S/c1-15(2,10-17)9-16-13(18)8-20-14(16)11-4-6-12(19-3)7-5-11/h4-7,14,17H,8-10H2,1-3H3. The molecule has 1 heterocycles. The Kier molecular flexibility index (Phi) is 4.60. The van der Waals surface area contributed by atoms with Gasteiger partial charge in [-0.3, -0.25) is 4.79 Å². The minimum Gasteiger partial charge on any atom is -0.497 e. The van der Waals surface area contributed by atoms with Crippen molar-refractivity contribution in [3.05, 3.63) is 29.8 Å². The quantitative estimate of drug-likeness (QED) is 0.905. The normalized spacial score (nSPS) is 19.5. The van der Waals surface area contributed by atoms with Gasteiger partial charge in [-0.25, -0.2) is 0 Å². The molecule has 1 N–H and O–H groups in total. The molecule has 4 nitrogen and oxygen atoms in total. The first-order chi connectivity index (χ1) is 9.46. The molecule has 0 bridgehead atoms. The second-order valence-electron chi connectivity index (χ2n) is 5.78. The number of rotatable bonds is 5. The van der Waals surface area contributed by atoms with Crippen molar-refractivity contribution in [1.82, 2.24) is 4.90 Å². The van der Waals surface area contributed by atoms with E-state index in [0.717, 1.165) is 11.3 Å². The molecule has 1 aliphatic rings. The molecule has 1 fully saturated rings. The number of methoxy groups -OCH3 is 1. The highest BCUT2D eigenvalue weighted by molar-refractivity contribution is 8.00. The molecule has 1 unspecified atom stereocenters. The molecule has 1 saturated heterocycles. The highest BCUT2D eigenvalue weighted by Crippen LogP contribution is 2.40. The van der Waals surface area contributed by atoms with E-state index in [1.165, 1.54) is 0 Å². The molecule has 1 aliphatic heterocycles. The topological polar surface area (TPSA) is 49.8 Å². The van der Waals surface area contributed by atoms with E-state index in [9.17, 15) is 9.90 Å². The highest BCUT2D eigenvalue weighted by atomic mass is 32.2. The zero-order valence-corrected chi connectivity index (χ0v) is 12.9. The molecule has 1 amide bonds. The number of aliphatic hydroxyl groups excluding tert-OH is 1. The Morgan fingerprint density at radius 1 is 1.40 bits per heavy atom. The third-order valence-corrected chi connectivity index (χ3v) is 4.65. The zero-order chi connectivity index (χ0) is 14.8. The summed E-state index contributed by atoms with van der Waals surface area (Å²) in [5, 5.41) is 9.43. The fourth-order valence-electron chi connectivity index (χ4n) is 2.18. The number of ether oxygens (including phenoxy) is 1. The fraction of sp³-hybridized carbons (Fsp3) is 0.533. The first-order valence-electron chi connectivity index (χ1n) is 6.63. The van der Waals surface area contributed by atoms with Crippen molar-refractivity contribution in [1.29, 1.82) is 0 Å². The van der Waals surface area contributed by atoms with Crippen LogP contribution in [-0.2, 0) is 4.79 Å². The number of carbonyl (C=O) groups is 1. The van der Waals surface area contributed by atoms with E-state index in [0.29, 0.717) is 12.3 Å². The predicted octanol–water partition coefficient (Wildman–Crippen LogP) is 2.29. The van der Waals surface area contributed by atoms with E-state index in [1.54, 1.807) is 18.9 Å². The molecule has 1 aromatic rings. The average Bonchev–Trinajstić information content (AvgIpc) is 2.80. The Balaban J connectivity index is 2.18. The Labute approximate surface area is 124 Å². The molecule has 0 radical (unpaired) electrons. The molecule has 0 aliphatic carbocycles. The van der Waals surface area contributed by atoms with E-state index in [1.807, 2.05) is 43.0 Å². The number of amides is 1. The Hall–Kier alpha value is -1.20. The summed E-state index contributed by atoms with van der Waals surface area (Å²) in [7, 11) is 1.64. The fourth-order valence-corrected chi connectivity index (χ4v) is 3.37.